The van der Waals surface area contributed by atoms with E-state index in [0.717, 1.165) is 16.7 Å². The van der Waals surface area contributed by atoms with Crippen LogP contribution >= 0.6 is 0 Å². The minimum absolute atomic E-state index is 0.149. The van der Waals surface area contributed by atoms with Gasteiger partial charge in [0.2, 0.25) is 0 Å². The van der Waals surface area contributed by atoms with Crippen LogP contribution in [0.25, 0.3) is 33.7 Å². The summed E-state index contributed by atoms with van der Waals surface area (Å²) in [4.78, 5) is 37.4. The van der Waals surface area contributed by atoms with Crippen LogP contribution in [-0.2, 0) is 13.0 Å². The Kier molecular flexibility index (Phi) is 5.17. The van der Waals surface area contributed by atoms with Crippen molar-refractivity contribution in [3.05, 3.63) is 117 Å². The maximum absolute atomic E-state index is 12.7. The summed E-state index contributed by atoms with van der Waals surface area (Å²) in [6.07, 6.45) is 0.630. The van der Waals surface area contributed by atoms with E-state index in [4.69, 9.17) is 9.97 Å². The second-order valence-electron chi connectivity index (χ2n) is 7.47. The van der Waals surface area contributed by atoms with E-state index in [0.29, 0.717) is 24.4 Å². The first-order valence-electron chi connectivity index (χ1n) is 10.4. The molecule has 0 spiro atoms. The highest BCUT2D eigenvalue weighted by Crippen LogP contribution is 2.29. The quantitative estimate of drug-likeness (QED) is 0.465. The molecule has 0 atom stereocenters. The van der Waals surface area contributed by atoms with Gasteiger partial charge in [-0.05, 0) is 12.0 Å². The molecule has 0 radical (unpaired) electrons. The number of nitrogens with one attached hydrogen (secondary N) is 1. The molecule has 0 saturated heterocycles. The molecule has 0 aliphatic rings. The average molecular weight is 420 g/mol. The van der Waals surface area contributed by atoms with Gasteiger partial charge in [-0.1, -0.05) is 91.0 Å². The lowest BCUT2D eigenvalue weighted by Crippen LogP contribution is -2.32. The summed E-state index contributed by atoms with van der Waals surface area (Å²) in [6.45, 7) is 0.379. The number of H-pyrrole nitrogens is 1. The first-order valence-corrected chi connectivity index (χ1v) is 10.4. The summed E-state index contributed by atoms with van der Waals surface area (Å²) >= 11 is 0. The normalized spacial score (nSPS) is 11.0. The standard InChI is InChI=1S/C26H20N4O2/c31-25-23-24(30(26(32)29-25)17-16-18-10-4-1-5-11-18)28-22(20-14-8-3-9-15-20)21(27-23)19-12-6-2-7-13-19/h1-15H,16-17H2,(H,29,31,32). The number of nitrogens with zero attached hydrogens (tertiary/aromatic N) is 3. The van der Waals surface area contributed by atoms with Gasteiger partial charge in [-0.25, -0.2) is 14.8 Å². The maximum Gasteiger partial charge on any atom is 0.330 e. The van der Waals surface area contributed by atoms with Gasteiger partial charge in [0.15, 0.2) is 11.2 Å². The molecule has 0 aliphatic heterocycles. The molecule has 0 unspecified atom stereocenters. The Bertz CT molecular complexity index is 1490. The van der Waals surface area contributed by atoms with Crippen LogP contribution in [0, 0.1) is 0 Å². The van der Waals surface area contributed by atoms with Gasteiger partial charge in [0.05, 0.1) is 11.4 Å². The molecule has 0 fully saturated rings. The minimum Gasteiger partial charge on any atom is -0.276 e. The third-order valence-corrected chi connectivity index (χ3v) is 5.38. The lowest BCUT2D eigenvalue weighted by molar-refractivity contribution is 0.664. The summed E-state index contributed by atoms with van der Waals surface area (Å²) in [5, 5.41) is 0. The second kappa shape index (κ2) is 8.43. The van der Waals surface area contributed by atoms with Crippen LogP contribution in [0.2, 0.25) is 0 Å². The second-order valence-corrected chi connectivity index (χ2v) is 7.47. The van der Waals surface area contributed by atoms with Gasteiger partial charge in [0.25, 0.3) is 5.56 Å². The van der Waals surface area contributed by atoms with Gasteiger partial charge in [0.1, 0.15) is 0 Å². The number of fused-ring (bicyclic) bond motifs is 1. The van der Waals surface area contributed by atoms with E-state index in [-0.39, 0.29) is 11.2 Å². The van der Waals surface area contributed by atoms with Crippen molar-refractivity contribution < 1.29 is 0 Å². The van der Waals surface area contributed by atoms with E-state index in [1.807, 2.05) is 91.0 Å². The molecule has 2 aromatic heterocycles. The van der Waals surface area contributed by atoms with Crippen molar-refractivity contribution in [2.45, 2.75) is 13.0 Å². The van der Waals surface area contributed by atoms with Crippen LogP contribution in [0.5, 0.6) is 0 Å². The fourth-order valence-corrected chi connectivity index (χ4v) is 3.77. The molecule has 5 rings (SSSR count). The zero-order valence-electron chi connectivity index (χ0n) is 17.2. The van der Waals surface area contributed by atoms with Crippen molar-refractivity contribution in [1.82, 2.24) is 19.5 Å². The molecule has 156 valence electrons. The molecule has 0 aliphatic carbocycles. The van der Waals surface area contributed by atoms with Crippen LogP contribution in [0.3, 0.4) is 0 Å². The Morgan fingerprint density at radius 2 is 1.22 bits per heavy atom. The highest BCUT2D eigenvalue weighted by atomic mass is 16.2. The number of hydrogen-bond acceptors (Lipinski definition) is 4. The molecule has 0 saturated carbocycles. The van der Waals surface area contributed by atoms with Gasteiger partial charge in [-0.2, -0.15) is 0 Å². The molecule has 1 N–H and O–H groups in total. The molecule has 0 bridgehead atoms. The summed E-state index contributed by atoms with van der Waals surface area (Å²) < 4.78 is 1.50. The van der Waals surface area contributed by atoms with Crippen LogP contribution in [0.15, 0.2) is 101 Å². The minimum atomic E-state index is -0.537. The van der Waals surface area contributed by atoms with Crippen molar-refractivity contribution >= 4 is 11.2 Å². The fraction of sp³-hybridized carbons (Fsp3) is 0.0769. The van der Waals surface area contributed by atoms with E-state index >= 15 is 0 Å². The van der Waals surface area contributed by atoms with Crippen LogP contribution in [0.4, 0.5) is 0 Å². The molecular formula is C26H20N4O2. The zero-order valence-corrected chi connectivity index (χ0v) is 17.2. The van der Waals surface area contributed by atoms with E-state index < -0.39 is 11.2 Å². The Hall–Kier alpha value is -4.32. The summed E-state index contributed by atoms with van der Waals surface area (Å²) in [5.74, 6) is 0. The topological polar surface area (TPSA) is 80.6 Å². The molecule has 5 aromatic rings. The number of aryl methyl sites for hydroxylation is 2. The number of aromatic nitrogens is 4. The number of benzene rings is 3. The largest absolute Gasteiger partial charge is 0.330 e. The molecule has 6 heteroatoms. The van der Waals surface area contributed by atoms with Gasteiger partial charge in [-0.15, -0.1) is 0 Å². The first-order chi connectivity index (χ1) is 15.7. The molecule has 32 heavy (non-hydrogen) atoms. The maximum atomic E-state index is 12.7. The van der Waals surface area contributed by atoms with Gasteiger partial charge in [0, 0.05) is 17.7 Å². The molecule has 0 amide bonds. The number of rotatable bonds is 5. The Labute approximate surface area is 183 Å². The van der Waals surface area contributed by atoms with E-state index in [2.05, 4.69) is 4.98 Å². The van der Waals surface area contributed by atoms with Crippen molar-refractivity contribution in [3.8, 4) is 22.5 Å². The van der Waals surface area contributed by atoms with Gasteiger partial charge in [-0.3, -0.25) is 14.3 Å². The van der Waals surface area contributed by atoms with Gasteiger partial charge >= 0.3 is 5.69 Å². The summed E-state index contributed by atoms with van der Waals surface area (Å²) in [7, 11) is 0. The monoisotopic (exact) mass is 420 g/mol. The summed E-state index contributed by atoms with van der Waals surface area (Å²) in [5.41, 5.74) is 3.45. The summed E-state index contributed by atoms with van der Waals surface area (Å²) in [6, 6.07) is 29.2. The molecule has 3 aromatic carbocycles. The number of aromatic amines is 1. The Morgan fingerprint density at radius 1 is 0.688 bits per heavy atom. The van der Waals surface area contributed by atoms with Crippen LogP contribution < -0.4 is 11.2 Å². The lowest BCUT2D eigenvalue weighted by atomic mass is 10.0. The smallest absolute Gasteiger partial charge is 0.276 e. The predicted octanol–water partition coefficient (Wildman–Crippen LogP) is 4.06. The lowest BCUT2D eigenvalue weighted by Gasteiger charge is -2.13. The van der Waals surface area contributed by atoms with E-state index in [1.54, 1.807) is 0 Å². The van der Waals surface area contributed by atoms with E-state index in [9.17, 15) is 9.59 Å². The third kappa shape index (κ3) is 3.74. The predicted molar refractivity (Wildman–Crippen MR) is 125 cm³/mol. The zero-order chi connectivity index (χ0) is 21.9. The number of hydrogen-bond donors (Lipinski definition) is 1. The highest BCUT2D eigenvalue weighted by molar-refractivity contribution is 5.84. The molecular weight excluding hydrogens is 400 g/mol. The van der Waals surface area contributed by atoms with Crippen molar-refractivity contribution in [3.63, 3.8) is 0 Å². The SMILES string of the molecule is O=c1[nH]c(=O)n(CCc2ccccc2)c2nc(-c3ccccc3)c(-c3ccccc3)nc12. The Morgan fingerprint density at radius 3 is 1.81 bits per heavy atom. The van der Waals surface area contributed by atoms with E-state index in [1.165, 1.54) is 4.57 Å². The highest BCUT2D eigenvalue weighted by Gasteiger charge is 2.18. The molecule has 2 heterocycles. The van der Waals surface area contributed by atoms with Crippen molar-refractivity contribution in [2.24, 2.45) is 0 Å². The van der Waals surface area contributed by atoms with Crippen molar-refractivity contribution in [2.75, 3.05) is 0 Å². The van der Waals surface area contributed by atoms with Crippen molar-refractivity contribution in [1.29, 1.82) is 0 Å². The molecule has 6 nitrogen and oxygen atoms in total. The fourth-order valence-electron chi connectivity index (χ4n) is 3.77. The Balaban J connectivity index is 1.74. The first kappa shape index (κ1) is 19.6. The average Bonchev–Trinajstić information content (AvgIpc) is 2.85. The van der Waals surface area contributed by atoms with Gasteiger partial charge < -0.3 is 0 Å². The van der Waals surface area contributed by atoms with Crippen LogP contribution in [-0.4, -0.2) is 19.5 Å². The van der Waals surface area contributed by atoms with Crippen LogP contribution in [0.1, 0.15) is 5.56 Å². The third-order valence-electron chi connectivity index (χ3n) is 5.38.